The van der Waals surface area contributed by atoms with Gasteiger partial charge in [0, 0.05) is 12.5 Å². The third kappa shape index (κ3) is 3.59. The number of hydrogen-bond donors (Lipinski definition) is 1. The van der Waals surface area contributed by atoms with Crippen molar-refractivity contribution in [1.29, 1.82) is 5.26 Å². The van der Waals surface area contributed by atoms with Gasteiger partial charge in [-0.2, -0.15) is 5.26 Å². The van der Waals surface area contributed by atoms with E-state index >= 15 is 0 Å². The zero-order chi connectivity index (χ0) is 16.6. The molecule has 2 aromatic rings. The van der Waals surface area contributed by atoms with Crippen LogP contribution in [-0.4, -0.2) is 15.5 Å². The van der Waals surface area contributed by atoms with E-state index in [0.717, 1.165) is 23.9 Å². The quantitative estimate of drug-likeness (QED) is 0.893. The number of imidazole rings is 1. The highest BCUT2D eigenvalue weighted by molar-refractivity contribution is 5.92. The molecule has 0 bridgehead atoms. The minimum absolute atomic E-state index is 0. The van der Waals surface area contributed by atoms with E-state index in [0.29, 0.717) is 24.0 Å². The van der Waals surface area contributed by atoms with E-state index in [2.05, 4.69) is 20.9 Å². The minimum Gasteiger partial charge on any atom is -0.307 e. The van der Waals surface area contributed by atoms with Crippen LogP contribution in [0.1, 0.15) is 65.5 Å². The first-order chi connectivity index (χ1) is 10.9. The molecule has 0 aliphatic heterocycles. The highest BCUT2D eigenvalue weighted by Gasteiger charge is 2.26. The third-order valence-electron chi connectivity index (χ3n) is 4.20. The van der Waals surface area contributed by atoms with E-state index in [4.69, 9.17) is 5.26 Å². The second-order valence-electron chi connectivity index (χ2n) is 7.49. The van der Waals surface area contributed by atoms with Crippen molar-refractivity contribution in [3.63, 3.8) is 0 Å². The van der Waals surface area contributed by atoms with Crippen molar-refractivity contribution in [2.45, 2.75) is 59.9 Å². The Morgan fingerprint density at radius 3 is 2.67 bits per heavy atom. The summed E-state index contributed by atoms with van der Waals surface area (Å²) in [6.45, 7) is 6.13. The molecule has 1 aliphatic carbocycles. The number of amides is 1. The first-order valence-corrected chi connectivity index (χ1v) is 8.09. The summed E-state index contributed by atoms with van der Waals surface area (Å²) in [5.41, 5.74) is 2.30. The summed E-state index contributed by atoms with van der Waals surface area (Å²) in [6, 6.07) is 8.01. The van der Waals surface area contributed by atoms with Gasteiger partial charge < -0.3 is 4.57 Å². The molecule has 1 amide bonds. The van der Waals surface area contributed by atoms with Gasteiger partial charge in [0.1, 0.15) is 0 Å². The monoisotopic (exact) mass is 326 g/mol. The van der Waals surface area contributed by atoms with E-state index < -0.39 is 0 Å². The van der Waals surface area contributed by atoms with E-state index in [1.807, 2.05) is 32.9 Å². The van der Waals surface area contributed by atoms with Gasteiger partial charge in [-0.15, -0.1) is 0 Å². The largest absolute Gasteiger partial charge is 0.307 e. The highest BCUT2D eigenvalue weighted by atomic mass is 16.1. The van der Waals surface area contributed by atoms with Crippen LogP contribution in [-0.2, 0) is 4.79 Å². The van der Waals surface area contributed by atoms with Gasteiger partial charge in [0.15, 0.2) is 0 Å². The predicted octanol–water partition coefficient (Wildman–Crippen LogP) is 4.64. The maximum absolute atomic E-state index is 12.3. The van der Waals surface area contributed by atoms with Crippen LogP contribution in [0.15, 0.2) is 18.2 Å². The Morgan fingerprint density at radius 2 is 2.12 bits per heavy atom. The van der Waals surface area contributed by atoms with Crippen molar-refractivity contribution < 1.29 is 4.79 Å². The maximum Gasteiger partial charge on any atom is 0.227 e. The normalized spacial score (nSPS) is 14.6. The molecule has 1 N–H and O–H groups in total. The number of nitrogens with zero attached hydrogens (tertiary/aromatic N) is 3. The van der Waals surface area contributed by atoms with E-state index in [1.165, 1.54) is 6.42 Å². The van der Waals surface area contributed by atoms with E-state index in [9.17, 15) is 4.79 Å². The molecule has 0 spiro atoms. The molecule has 128 valence electrons. The van der Waals surface area contributed by atoms with Gasteiger partial charge in [-0.05, 0) is 42.9 Å². The number of nitriles is 1. The van der Waals surface area contributed by atoms with Gasteiger partial charge in [0.2, 0.25) is 11.9 Å². The third-order valence-corrected chi connectivity index (χ3v) is 4.20. The van der Waals surface area contributed by atoms with Crippen LogP contribution < -0.4 is 5.32 Å². The van der Waals surface area contributed by atoms with Crippen molar-refractivity contribution in [3.05, 3.63) is 23.8 Å². The van der Waals surface area contributed by atoms with Crippen LogP contribution in [0.4, 0.5) is 5.95 Å². The molecule has 0 saturated heterocycles. The lowest BCUT2D eigenvalue weighted by molar-refractivity contribution is -0.117. The number of hydrogen-bond acceptors (Lipinski definition) is 3. The molecule has 0 radical (unpaired) electrons. The van der Waals surface area contributed by atoms with E-state index in [1.54, 1.807) is 6.07 Å². The standard InChI is InChI=1S/C18H22N4O.CH4/c1-18(2,3)10-16(23)21-17-20-14-8-7-12(11-19)9-15(14)22(17)13-5-4-6-13;/h7-9,13H,4-6,10H2,1-3H3,(H,20,21,23);1H4. The highest BCUT2D eigenvalue weighted by Crippen LogP contribution is 2.37. The first-order valence-electron chi connectivity index (χ1n) is 8.09. The number of carbonyl (C=O) groups excluding carboxylic acids is 1. The van der Waals surface area contributed by atoms with Gasteiger partial charge in [-0.3, -0.25) is 10.1 Å². The average Bonchev–Trinajstić information content (AvgIpc) is 2.72. The maximum atomic E-state index is 12.3. The number of carbonyl (C=O) groups is 1. The Labute approximate surface area is 143 Å². The minimum atomic E-state index is -0.0641. The average molecular weight is 326 g/mol. The van der Waals surface area contributed by atoms with Crippen molar-refractivity contribution in [3.8, 4) is 6.07 Å². The second-order valence-corrected chi connectivity index (χ2v) is 7.49. The second kappa shape index (κ2) is 6.64. The Balaban J connectivity index is 0.00000208. The van der Waals surface area contributed by atoms with Crippen molar-refractivity contribution in [2.75, 3.05) is 5.32 Å². The Morgan fingerprint density at radius 1 is 1.42 bits per heavy atom. The summed E-state index contributed by atoms with van der Waals surface area (Å²) in [5.74, 6) is 0.586. The summed E-state index contributed by atoms with van der Waals surface area (Å²) in [7, 11) is 0. The molecule has 1 fully saturated rings. The van der Waals surface area contributed by atoms with Crippen LogP contribution in [0.2, 0.25) is 0 Å². The van der Waals surface area contributed by atoms with E-state index in [-0.39, 0.29) is 18.7 Å². The predicted molar refractivity (Wildman–Crippen MR) is 96.8 cm³/mol. The zero-order valence-electron chi connectivity index (χ0n) is 13.9. The van der Waals surface area contributed by atoms with Crippen molar-refractivity contribution in [2.24, 2.45) is 5.41 Å². The van der Waals surface area contributed by atoms with Gasteiger partial charge in [-0.25, -0.2) is 4.98 Å². The zero-order valence-corrected chi connectivity index (χ0v) is 13.9. The number of benzene rings is 1. The topological polar surface area (TPSA) is 70.7 Å². The molecule has 1 aromatic heterocycles. The summed E-state index contributed by atoms with van der Waals surface area (Å²) >= 11 is 0. The van der Waals surface area contributed by atoms with Crippen LogP contribution in [0.5, 0.6) is 0 Å². The Kier molecular flexibility index (Phi) is 4.98. The van der Waals surface area contributed by atoms with Gasteiger partial charge in [0.05, 0.1) is 22.7 Å². The summed E-state index contributed by atoms with van der Waals surface area (Å²) in [4.78, 5) is 16.9. The smallest absolute Gasteiger partial charge is 0.227 e. The molecular weight excluding hydrogens is 300 g/mol. The van der Waals surface area contributed by atoms with Crippen LogP contribution >= 0.6 is 0 Å². The fourth-order valence-electron chi connectivity index (χ4n) is 2.92. The first kappa shape index (κ1) is 18.0. The molecule has 3 rings (SSSR count). The molecule has 1 aliphatic rings. The summed E-state index contributed by atoms with van der Waals surface area (Å²) < 4.78 is 2.10. The van der Waals surface area contributed by atoms with Crippen LogP contribution in [0.25, 0.3) is 11.0 Å². The molecule has 1 saturated carbocycles. The lowest BCUT2D eigenvalue weighted by Gasteiger charge is -2.29. The SMILES string of the molecule is C.CC(C)(C)CC(=O)Nc1nc2ccc(C#N)cc2n1C1CCC1. The Bertz CT molecular complexity index is 788. The number of rotatable bonds is 3. The van der Waals surface area contributed by atoms with Crippen LogP contribution in [0, 0.1) is 16.7 Å². The molecule has 5 heteroatoms. The molecule has 0 atom stereocenters. The number of anilines is 1. The lowest BCUT2D eigenvalue weighted by atomic mass is 9.92. The molecule has 1 aromatic carbocycles. The van der Waals surface area contributed by atoms with Gasteiger partial charge >= 0.3 is 0 Å². The number of aromatic nitrogens is 2. The Hall–Kier alpha value is -2.35. The molecule has 24 heavy (non-hydrogen) atoms. The van der Waals surface area contributed by atoms with Crippen LogP contribution in [0.3, 0.4) is 0 Å². The lowest BCUT2D eigenvalue weighted by Crippen LogP contribution is -2.24. The van der Waals surface area contributed by atoms with Crippen molar-refractivity contribution >= 4 is 22.9 Å². The molecule has 5 nitrogen and oxygen atoms in total. The number of nitrogens with one attached hydrogen (secondary N) is 1. The van der Waals surface area contributed by atoms with Gasteiger partial charge in [-0.1, -0.05) is 28.2 Å². The summed E-state index contributed by atoms with van der Waals surface area (Å²) in [6.07, 6.45) is 3.82. The molecule has 0 unspecified atom stereocenters. The molecular formula is C19H26N4O. The number of fused-ring (bicyclic) bond motifs is 1. The summed E-state index contributed by atoms with van der Waals surface area (Å²) in [5, 5.41) is 12.1. The fraction of sp³-hybridized carbons (Fsp3) is 0.526. The molecule has 1 heterocycles. The fourth-order valence-corrected chi connectivity index (χ4v) is 2.92. The van der Waals surface area contributed by atoms with Crippen molar-refractivity contribution in [1.82, 2.24) is 9.55 Å². The van der Waals surface area contributed by atoms with Gasteiger partial charge in [0.25, 0.3) is 0 Å².